The molecule has 1 aromatic carbocycles. The van der Waals surface area contributed by atoms with Crippen molar-refractivity contribution in [2.45, 2.75) is 4.90 Å². The van der Waals surface area contributed by atoms with Crippen LogP contribution in [0.1, 0.15) is 10.4 Å². The fraction of sp³-hybridized carbons (Fsp3) is 0.462. The first-order valence-corrected chi connectivity index (χ1v) is 8.16. The van der Waals surface area contributed by atoms with E-state index in [9.17, 15) is 13.2 Å². The van der Waals surface area contributed by atoms with E-state index < -0.39 is 15.9 Å². The lowest BCUT2D eigenvalue weighted by atomic mass is 10.2. The summed E-state index contributed by atoms with van der Waals surface area (Å²) in [7, 11) is -3.70. The summed E-state index contributed by atoms with van der Waals surface area (Å²) in [6.07, 6.45) is 0. The van der Waals surface area contributed by atoms with E-state index >= 15 is 0 Å². The number of carbonyl (C=O) groups is 1. The molecule has 1 saturated heterocycles. The van der Waals surface area contributed by atoms with Gasteiger partial charge in [-0.3, -0.25) is 4.79 Å². The third-order valence-corrected chi connectivity index (χ3v) is 5.11. The topological polar surface area (TPSA) is 102 Å². The Morgan fingerprint density at radius 1 is 1.29 bits per heavy atom. The van der Waals surface area contributed by atoms with Crippen LogP contribution in [0.4, 0.5) is 0 Å². The fourth-order valence-corrected chi connectivity index (χ4v) is 3.68. The summed E-state index contributed by atoms with van der Waals surface area (Å²) < 4.78 is 31.8. The van der Waals surface area contributed by atoms with Crippen LogP contribution in [0.5, 0.6) is 0 Å². The highest BCUT2D eigenvalue weighted by Gasteiger charge is 2.29. The number of hydrogen-bond donors (Lipinski definition) is 2. The van der Waals surface area contributed by atoms with E-state index in [4.69, 9.17) is 10.5 Å². The smallest absolute Gasteiger partial charge is 0.252 e. The molecule has 0 unspecified atom stereocenters. The molecular formula is C13H19N3O4S. The molecule has 8 heteroatoms. The number of rotatable bonds is 5. The second kappa shape index (κ2) is 6.99. The number of benzene rings is 1. The monoisotopic (exact) mass is 313 g/mol. The molecule has 1 aliphatic rings. The molecule has 116 valence electrons. The number of hydrogen-bond acceptors (Lipinski definition) is 5. The zero-order valence-electron chi connectivity index (χ0n) is 11.6. The fourth-order valence-electron chi connectivity index (χ4n) is 2.09. The van der Waals surface area contributed by atoms with Gasteiger partial charge in [0.05, 0.1) is 23.7 Å². The highest BCUT2D eigenvalue weighted by molar-refractivity contribution is 7.89. The van der Waals surface area contributed by atoms with Gasteiger partial charge in [0.2, 0.25) is 10.0 Å². The second-order valence-corrected chi connectivity index (χ2v) is 6.46. The Hall–Kier alpha value is -1.48. The third-order valence-electron chi connectivity index (χ3n) is 3.15. The summed E-state index contributed by atoms with van der Waals surface area (Å²) >= 11 is 0. The molecule has 0 aliphatic carbocycles. The first kappa shape index (κ1) is 15.9. The van der Waals surface area contributed by atoms with Gasteiger partial charge in [-0.15, -0.1) is 0 Å². The lowest BCUT2D eigenvalue weighted by Crippen LogP contribution is -2.41. The van der Waals surface area contributed by atoms with Gasteiger partial charge in [-0.2, -0.15) is 4.31 Å². The highest BCUT2D eigenvalue weighted by Crippen LogP contribution is 2.21. The Bertz CT molecular complexity index is 597. The minimum atomic E-state index is -3.70. The summed E-state index contributed by atoms with van der Waals surface area (Å²) in [5.74, 6) is -0.437. The molecule has 1 heterocycles. The number of amides is 1. The zero-order chi connectivity index (χ0) is 15.3. The van der Waals surface area contributed by atoms with Crippen LogP contribution < -0.4 is 11.1 Å². The van der Waals surface area contributed by atoms with Crippen molar-refractivity contribution in [2.24, 2.45) is 5.73 Å². The standard InChI is InChI=1S/C13H19N3O4S/c14-5-6-15-13(17)11-3-1-2-4-12(11)21(18,19)16-7-9-20-10-8-16/h1-4H,5-10,14H2,(H,15,17). The van der Waals surface area contributed by atoms with Gasteiger partial charge >= 0.3 is 0 Å². The van der Waals surface area contributed by atoms with Crippen molar-refractivity contribution in [3.05, 3.63) is 29.8 Å². The van der Waals surface area contributed by atoms with Crippen molar-refractivity contribution in [1.82, 2.24) is 9.62 Å². The molecule has 7 nitrogen and oxygen atoms in total. The molecule has 0 saturated carbocycles. The molecular weight excluding hydrogens is 294 g/mol. The molecule has 1 aromatic rings. The number of carbonyl (C=O) groups excluding carboxylic acids is 1. The van der Waals surface area contributed by atoms with E-state index in [0.29, 0.717) is 39.4 Å². The van der Waals surface area contributed by atoms with Crippen molar-refractivity contribution < 1.29 is 17.9 Å². The van der Waals surface area contributed by atoms with Gasteiger partial charge in [0.15, 0.2) is 0 Å². The summed E-state index contributed by atoms with van der Waals surface area (Å²) in [4.78, 5) is 12.1. The van der Waals surface area contributed by atoms with Crippen LogP contribution in [0.25, 0.3) is 0 Å². The maximum absolute atomic E-state index is 12.7. The Morgan fingerprint density at radius 3 is 2.62 bits per heavy atom. The van der Waals surface area contributed by atoms with E-state index in [1.165, 1.54) is 16.4 Å². The molecule has 0 radical (unpaired) electrons. The van der Waals surface area contributed by atoms with Crippen LogP contribution in [-0.2, 0) is 14.8 Å². The van der Waals surface area contributed by atoms with Gasteiger partial charge in [-0.25, -0.2) is 8.42 Å². The lowest BCUT2D eigenvalue weighted by molar-refractivity contribution is 0.0730. The maximum Gasteiger partial charge on any atom is 0.252 e. The Balaban J connectivity index is 2.32. The molecule has 0 atom stereocenters. The molecule has 2 rings (SSSR count). The average molecular weight is 313 g/mol. The lowest BCUT2D eigenvalue weighted by Gasteiger charge is -2.26. The number of nitrogens with one attached hydrogen (secondary N) is 1. The summed E-state index contributed by atoms with van der Waals surface area (Å²) in [5.41, 5.74) is 5.48. The van der Waals surface area contributed by atoms with Crippen LogP contribution in [0, 0.1) is 0 Å². The number of ether oxygens (including phenoxy) is 1. The van der Waals surface area contributed by atoms with Crippen LogP contribution in [0.15, 0.2) is 29.2 Å². The Morgan fingerprint density at radius 2 is 1.95 bits per heavy atom. The highest BCUT2D eigenvalue weighted by atomic mass is 32.2. The summed E-state index contributed by atoms with van der Waals surface area (Å²) in [5, 5.41) is 2.59. The molecule has 1 aliphatic heterocycles. The van der Waals surface area contributed by atoms with Crippen LogP contribution >= 0.6 is 0 Å². The molecule has 0 bridgehead atoms. The number of nitrogens with two attached hydrogens (primary N) is 1. The van der Waals surface area contributed by atoms with E-state index in [-0.39, 0.29) is 10.5 Å². The predicted octanol–water partition coefficient (Wildman–Crippen LogP) is -0.604. The number of sulfonamides is 1. The van der Waals surface area contributed by atoms with E-state index in [2.05, 4.69) is 5.32 Å². The normalized spacial score (nSPS) is 16.6. The van der Waals surface area contributed by atoms with Gasteiger partial charge in [0.25, 0.3) is 5.91 Å². The van der Waals surface area contributed by atoms with E-state index in [1.807, 2.05) is 0 Å². The largest absolute Gasteiger partial charge is 0.379 e. The number of morpholine rings is 1. The molecule has 0 spiro atoms. The second-order valence-electron chi connectivity index (χ2n) is 4.56. The van der Waals surface area contributed by atoms with Crippen molar-refractivity contribution in [3.63, 3.8) is 0 Å². The predicted molar refractivity (Wildman–Crippen MR) is 77.4 cm³/mol. The van der Waals surface area contributed by atoms with Crippen molar-refractivity contribution >= 4 is 15.9 Å². The zero-order valence-corrected chi connectivity index (χ0v) is 12.4. The third kappa shape index (κ3) is 3.59. The SMILES string of the molecule is NCCNC(=O)c1ccccc1S(=O)(=O)N1CCOCC1. The Labute approximate surface area is 124 Å². The van der Waals surface area contributed by atoms with Crippen molar-refractivity contribution in [3.8, 4) is 0 Å². The van der Waals surface area contributed by atoms with Gasteiger partial charge in [0.1, 0.15) is 0 Å². The minimum absolute atomic E-state index is 0.0152. The Kier molecular flexibility index (Phi) is 5.29. The molecule has 3 N–H and O–H groups in total. The van der Waals surface area contributed by atoms with Gasteiger partial charge in [-0.05, 0) is 12.1 Å². The first-order valence-electron chi connectivity index (χ1n) is 6.72. The van der Waals surface area contributed by atoms with Crippen molar-refractivity contribution in [1.29, 1.82) is 0 Å². The van der Waals surface area contributed by atoms with Crippen LogP contribution in [0.2, 0.25) is 0 Å². The summed E-state index contributed by atoms with van der Waals surface area (Å²) in [6, 6.07) is 6.18. The number of nitrogens with zero attached hydrogens (tertiary/aromatic N) is 1. The molecule has 0 aromatic heterocycles. The quantitative estimate of drug-likeness (QED) is 0.755. The summed E-state index contributed by atoms with van der Waals surface area (Å²) in [6.45, 7) is 1.90. The van der Waals surface area contributed by atoms with Crippen LogP contribution in [-0.4, -0.2) is 58.0 Å². The van der Waals surface area contributed by atoms with Crippen molar-refractivity contribution in [2.75, 3.05) is 39.4 Å². The van der Waals surface area contributed by atoms with Gasteiger partial charge in [-0.1, -0.05) is 12.1 Å². The van der Waals surface area contributed by atoms with Gasteiger partial charge < -0.3 is 15.8 Å². The molecule has 1 amide bonds. The van der Waals surface area contributed by atoms with E-state index in [0.717, 1.165) is 0 Å². The minimum Gasteiger partial charge on any atom is -0.379 e. The van der Waals surface area contributed by atoms with Gasteiger partial charge in [0, 0.05) is 26.2 Å². The molecule has 1 fully saturated rings. The average Bonchev–Trinajstić information content (AvgIpc) is 2.53. The van der Waals surface area contributed by atoms with E-state index in [1.54, 1.807) is 12.1 Å². The van der Waals surface area contributed by atoms with Crippen LogP contribution in [0.3, 0.4) is 0 Å². The molecule has 21 heavy (non-hydrogen) atoms. The maximum atomic E-state index is 12.7. The first-order chi connectivity index (χ1) is 10.1.